The quantitative estimate of drug-likeness (QED) is 0.909. The number of nitrogens with zero attached hydrogens (tertiary/aromatic N) is 3. The van der Waals surface area contributed by atoms with Crippen LogP contribution in [0.1, 0.15) is 41.4 Å². The number of benzene rings is 1. The van der Waals surface area contributed by atoms with Gasteiger partial charge in [-0.05, 0) is 31.9 Å². The van der Waals surface area contributed by atoms with Crippen LogP contribution in [0.15, 0.2) is 24.4 Å². The second kappa shape index (κ2) is 7.86. The molecule has 3 rings (SSSR count). The molecule has 1 aliphatic heterocycles. The van der Waals surface area contributed by atoms with Crippen LogP contribution in [0, 0.1) is 18.6 Å². The Labute approximate surface area is 150 Å². The lowest BCUT2D eigenvalue weighted by Gasteiger charge is -2.32. The third kappa shape index (κ3) is 3.88. The van der Waals surface area contributed by atoms with E-state index in [9.17, 15) is 18.7 Å². The molecule has 0 radical (unpaired) electrons. The summed E-state index contributed by atoms with van der Waals surface area (Å²) in [5.74, 6) is -0.901. The number of aryl methyl sites for hydroxylation is 1. The Morgan fingerprint density at radius 3 is 2.54 bits per heavy atom. The van der Waals surface area contributed by atoms with Crippen molar-refractivity contribution in [3.8, 4) is 0 Å². The number of halogens is 2. The van der Waals surface area contributed by atoms with Gasteiger partial charge in [0.05, 0.1) is 18.7 Å². The molecule has 1 aromatic heterocycles. The fourth-order valence-electron chi connectivity index (χ4n) is 3.35. The monoisotopic (exact) mass is 361 g/mol. The SMILES string of the molecule is Cc1ncc(CO)c(C2CCN(C(=O)Cc3c(F)cccc3F)CC2)n1. The van der Waals surface area contributed by atoms with E-state index in [0.29, 0.717) is 37.3 Å². The van der Waals surface area contributed by atoms with Crippen LogP contribution in [-0.4, -0.2) is 39.0 Å². The Hall–Kier alpha value is -2.41. The van der Waals surface area contributed by atoms with E-state index in [2.05, 4.69) is 9.97 Å². The molecule has 0 aliphatic carbocycles. The van der Waals surface area contributed by atoms with Crippen molar-refractivity contribution in [1.29, 1.82) is 0 Å². The summed E-state index contributed by atoms with van der Waals surface area (Å²) in [4.78, 5) is 22.6. The molecular formula is C19H21F2N3O2. The molecule has 0 atom stereocenters. The highest BCUT2D eigenvalue weighted by molar-refractivity contribution is 5.79. The molecule has 2 aromatic rings. The van der Waals surface area contributed by atoms with Gasteiger partial charge in [0, 0.05) is 36.3 Å². The summed E-state index contributed by atoms with van der Waals surface area (Å²) in [6.07, 6.45) is 2.73. The largest absolute Gasteiger partial charge is 0.392 e. The summed E-state index contributed by atoms with van der Waals surface area (Å²) in [6, 6.07) is 3.60. The molecule has 0 spiro atoms. The van der Waals surface area contributed by atoms with E-state index in [1.54, 1.807) is 18.0 Å². The van der Waals surface area contributed by atoms with Crippen LogP contribution in [0.5, 0.6) is 0 Å². The summed E-state index contributed by atoms with van der Waals surface area (Å²) in [5.41, 5.74) is 1.34. The zero-order chi connectivity index (χ0) is 18.7. The first-order valence-corrected chi connectivity index (χ1v) is 8.63. The molecule has 7 heteroatoms. The molecular weight excluding hydrogens is 340 g/mol. The van der Waals surface area contributed by atoms with Crippen molar-refractivity contribution < 1.29 is 18.7 Å². The van der Waals surface area contributed by atoms with Crippen LogP contribution in [0.4, 0.5) is 8.78 Å². The van der Waals surface area contributed by atoms with Gasteiger partial charge in [-0.1, -0.05) is 6.07 Å². The van der Waals surface area contributed by atoms with Crippen molar-refractivity contribution in [3.63, 3.8) is 0 Å². The van der Waals surface area contributed by atoms with E-state index in [4.69, 9.17) is 0 Å². The predicted molar refractivity (Wildman–Crippen MR) is 91.3 cm³/mol. The van der Waals surface area contributed by atoms with Crippen molar-refractivity contribution in [3.05, 3.63) is 58.7 Å². The van der Waals surface area contributed by atoms with Crippen molar-refractivity contribution in [2.75, 3.05) is 13.1 Å². The molecule has 26 heavy (non-hydrogen) atoms. The van der Waals surface area contributed by atoms with Crippen LogP contribution in [0.2, 0.25) is 0 Å². The summed E-state index contributed by atoms with van der Waals surface area (Å²) in [5, 5.41) is 9.48. The van der Waals surface area contributed by atoms with Crippen LogP contribution in [-0.2, 0) is 17.8 Å². The van der Waals surface area contributed by atoms with Crippen LogP contribution >= 0.6 is 0 Å². The Bertz CT molecular complexity index is 785. The highest BCUT2D eigenvalue weighted by Crippen LogP contribution is 2.29. The van der Waals surface area contributed by atoms with Gasteiger partial charge in [0.1, 0.15) is 17.5 Å². The van der Waals surface area contributed by atoms with Crippen LogP contribution in [0.25, 0.3) is 0 Å². The average Bonchev–Trinajstić information content (AvgIpc) is 2.65. The number of carbonyl (C=O) groups is 1. The maximum Gasteiger partial charge on any atom is 0.227 e. The maximum absolute atomic E-state index is 13.7. The lowest BCUT2D eigenvalue weighted by atomic mass is 9.90. The normalized spacial score (nSPS) is 15.3. The van der Waals surface area contributed by atoms with Gasteiger partial charge in [-0.3, -0.25) is 4.79 Å². The smallest absolute Gasteiger partial charge is 0.227 e. The predicted octanol–water partition coefficient (Wildman–Crippen LogP) is 2.50. The first-order valence-electron chi connectivity index (χ1n) is 8.63. The number of amides is 1. The van der Waals surface area contributed by atoms with Gasteiger partial charge in [0.2, 0.25) is 5.91 Å². The lowest BCUT2D eigenvalue weighted by molar-refractivity contribution is -0.131. The summed E-state index contributed by atoms with van der Waals surface area (Å²) >= 11 is 0. The van der Waals surface area contributed by atoms with Crippen molar-refractivity contribution in [2.24, 2.45) is 0 Å². The van der Waals surface area contributed by atoms with Gasteiger partial charge < -0.3 is 10.0 Å². The second-order valence-electron chi connectivity index (χ2n) is 6.52. The van der Waals surface area contributed by atoms with Crippen molar-refractivity contribution in [1.82, 2.24) is 14.9 Å². The molecule has 0 bridgehead atoms. The van der Waals surface area contributed by atoms with Crippen LogP contribution < -0.4 is 0 Å². The zero-order valence-electron chi connectivity index (χ0n) is 14.6. The number of carbonyl (C=O) groups excluding carboxylic acids is 1. The molecule has 1 aromatic carbocycles. The Balaban J connectivity index is 1.65. The molecule has 2 heterocycles. The number of hydrogen-bond acceptors (Lipinski definition) is 4. The molecule has 1 fully saturated rings. The number of hydrogen-bond donors (Lipinski definition) is 1. The summed E-state index contributed by atoms with van der Waals surface area (Å²) < 4.78 is 27.5. The highest BCUT2D eigenvalue weighted by Gasteiger charge is 2.27. The third-order valence-electron chi connectivity index (χ3n) is 4.81. The Morgan fingerprint density at radius 2 is 1.92 bits per heavy atom. The first kappa shape index (κ1) is 18.4. The summed E-state index contributed by atoms with van der Waals surface area (Å²) in [6.45, 7) is 2.66. The molecule has 1 aliphatic rings. The summed E-state index contributed by atoms with van der Waals surface area (Å²) in [7, 11) is 0. The number of aliphatic hydroxyl groups is 1. The van der Waals surface area contributed by atoms with E-state index in [-0.39, 0.29) is 30.4 Å². The minimum Gasteiger partial charge on any atom is -0.392 e. The molecule has 0 unspecified atom stereocenters. The number of aliphatic hydroxyl groups excluding tert-OH is 1. The fraction of sp³-hybridized carbons (Fsp3) is 0.421. The van der Waals surface area contributed by atoms with E-state index in [1.807, 2.05) is 0 Å². The fourth-order valence-corrected chi connectivity index (χ4v) is 3.35. The molecule has 5 nitrogen and oxygen atoms in total. The van der Waals surface area contributed by atoms with E-state index < -0.39 is 11.6 Å². The van der Waals surface area contributed by atoms with Gasteiger partial charge in [-0.25, -0.2) is 18.7 Å². The van der Waals surface area contributed by atoms with Gasteiger partial charge in [-0.2, -0.15) is 0 Å². The number of rotatable bonds is 4. The Morgan fingerprint density at radius 1 is 1.27 bits per heavy atom. The van der Waals surface area contributed by atoms with Crippen molar-refractivity contribution >= 4 is 5.91 Å². The van der Waals surface area contributed by atoms with E-state index >= 15 is 0 Å². The molecule has 1 N–H and O–H groups in total. The maximum atomic E-state index is 13.7. The Kier molecular flexibility index (Phi) is 5.56. The third-order valence-corrected chi connectivity index (χ3v) is 4.81. The van der Waals surface area contributed by atoms with Gasteiger partial charge in [-0.15, -0.1) is 0 Å². The highest BCUT2D eigenvalue weighted by atomic mass is 19.1. The van der Waals surface area contributed by atoms with E-state index in [1.165, 1.54) is 6.07 Å². The second-order valence-corrected chi connectivity index (χ2v) is 6.52. The van der Waals surface area contributed by atoms with E-state index in [0.717, 1.165) is 17.8 Å². The lowest BCUT2D eigenvalue weighted by Crippen LogP contribution is -2.39. The topological polar surface area (TPSA) is 66.3 Å². The minimum atomic E-state index is -0.697. The number of likely N-dealkylation sites (tertiary alicyclic amines) is 1. The van der Waals surface area contributed by atoms with Crippen LogP contribution in [0.3, 0.4) is 0 Å². The first-order chi connectivity index (χ1) is 12.5. The van der Waals surface area contributed by atoms with Gasteiger partial charge in [0.15, 0.2) is 0 Å². The number of aromatic nitrogens is 2. The number of piperidine rings is 1. The zero-order valence-corrected chi connectivity index (χ0v) is 14.6. The molecule has 1 amide bonds. The van der Waals surface area contributed by atoms with Crippen molar-refractivity contribution in [2.45, 2.75) is 38.7 Å². The molecule has 0 saturated carbocycles. The van der Waals surface area contributed by atoms with Gasteiger partial charge >= 0.3 is 0 Å². The van der Waals surface area contributed by atoms with Gasteiger partial charge in [0.25, 0.3) is 0 Å². The minimum absolute atomic E-state index is 0.124. The molecule has 1 saturated heterocycles. The standard InChI is InChI=1S/C19H21F2N3O2/c1-12-22-10-14(11-25)19(23-12)13-5-7-24(8-6-13)18(26)9-15-16(20)3-2-4-17(15)21/h2-4,10,13,25H,5-9,11H2,1H3. The molecule has 138 valence electrons. The average molecular weight is 361 g/mol.